The summed E-state index contributed by atoms with van der Waals surface area (Å²) in [4.78, 5) is 12.2. The van der Waals surface area contributed by atoms with Crippen molar-refractivity contribution in [1.29, 1.82) is 0 Å². The van der Waals surface area contributed by atoms with Gasteiger partial charge >= 0.3 is 0 Å². The van der Waals surface area contributed by atoms with Crippen molar-refractivity contribution in [3.05, 3.63) is 89.2 Å². The molecule has 3 aromatic rings. The molecule has 0 unspecified atom stereocenters. The SMILES string of the molecule is O=C(CSCc1c(F)cccc1Cl)Nc1ccc(S(=O)(=O)Nc2ccccc2)cc1. The molecule has 0 atom stereocenters. The van der Waals surface area contributed by atoms with Crippen LogP contribution in [0.5, 0.6) is 0 Å². The van der Waals surface area contributed by atoms with Gasteiger partial charge in [0.05, 0.1) is 10.6 Å². The Balaban J connectivity index is 1.54. The maximum Gasteiger partial charge on any atom is 0.261 e. The summed E-state index contributed by atoms with van der Waals surface area (Å²) in [6.07, 6.45) is 0. The standard InChI is InChI=1S/C21H18ClFN2O3S2/c22-19-7-4-8-20(23)18(19)13-29-14-21(26)24-15-9-11-17(12-10-15)30(27,28)25-16-5-2-1-3-6-16/h1-12,25H,13-14H2,(H,24,26). The number of hydrogen-bond acceptors (Lipinski definition) is 4. The lowest BCUT2D eigenvalue weighted by molar-refractivity contribution is -0.113. The van der Waals surface area contributed by atoms with E-state index in [9.17, 15) is 17.6 Å². The number of carbonyl (C=O) groups excluding carboxylic acids is 1. The molecule has 0 aliphatic carbocycles. The highest BCUT2D eigenvalue weighted by Crippen LogP contribution is 2.24. The van der Waals surface area contributed by atoms with Crippen molar-refractivity contribution in [1.82, 2.24) is 0 Å². The van der Waals surface area contributed by atoms with Crippen molar-refractivity contribution >= 4 is 50.7 Å². The molecule has 0 aliphatic heterocycles. The minimum absolute atomic E-state index is 0.0768. The highest BCUT2D eigenvalue weighted by Gasteiger charge is 2.14. The maximum atomic E-state index is 13.7. The predicted octanol–water partition coefficient (Wildman–Crippen LogP) is 5.15. The fourth-order valence-corrected chi connectivity index (χ4v) is 4.78. The van der Waals surface area contributed by atoms with Crippen LogP contribution in [0.1, 0.15) is 5.56 Å². The molecule has 3 aromatic carbocycles. The molecule has 0 aromatic heterocycles. The molecule has 2 N–H and O–H groups in total. The van der Waals surface area contributed by atoms with Crippen LogP contribution in [0.2, 0.25) is 5.02 Å². The highest BCUT2D eigenvalue weighted by atomic mass is 35.5. The number of benzene rings is 3. The number of halogens is 2. The number of thioether (sulfide) groups is 1. The number of carbonyl (C=O) groups is 1. The molecule has 156 valence electrons. The third kappa shape index (κ3) is 5.98. The van der Waals surface area contributed by atoms with Crippen LogP contribution in [-0.2, 0) is 20.6 Å². The molecule has 0 saturated heterocycles. The van der Waals surface area contributed by atoms with Gasteiger partial charge in [0.25, 0.3) is 10.0 Å². The van der Waals surface area contributed by atoms with E-state index in [-0.39, 0.29) is 22.3 Å². The molecule has 0 fully saturated rings. The normalized spacial score (nSPS) is 11.1. The number of amides is 1. The monoisotopic (exact) mass is 464 g/mol. The molecule has 0 heterocycles. The van der Waals surface area contributed by atoms with Crippen LogP contribution in [0.3, 0.4) is 0 Å². The molecule has 3 rings (SSSR count). The lowest BCUT2D eigenvalue weighted by Crippen LogP contribution is -2.15. The van der Waals surface area contributed by atoms with Gasteiger partial charge in [-0.2, -0.15) is 0 Å². The highest BCUT2D eigenvalue weighted by molar-refractivity contribution is 7.99. The second-order valence-corrected chi connectivity index (χ2v) is 9.31. The zero-order valence-corrected chi connectivity index (χ0v) is 18.0. The quantitative estimate of drug-likeness (QED) is 0.483. The fourth-order valence-electron chi connectivity index (χ4n) is 2.55. The molecule has 9 heteroatoms. The third-order valence-electron chi connectivity index (χ3n) is 4.02. The van der Waals surface area contributed by atoms with Crippen molar-refractivity contribution in [2.75, 3.05) is 15.8 Å². The molecule has 0 saturated carbocycles. The second kappa shape index (κ2) is 9.97. The molecule has 1 amide bonds. The van der Waals surface area contributed by atoms with Gasteiger partial charge in [-0.1, -0.05) is 35.9 Å². The number of nitrogens with one attached hydrogen (secondary N) is 2. The van der Waals surface area contributed by atoms with Crippen LogP contribution >= 0.6 is 23.4 Å². The van der Waals surface area contributed by atoms with Crippen LogP contribution in [0.15, 0.2) is 77.7 Å². The van der Waals surface area contributed by atoms with Gasteiger partial charge in [0.2, 0.25) is 5.91 Å². The van der Waals surface area contributed by atoms with Crippen molar-refractivity contribution in [2.24, 2.45) is 0 Å². The lowest BCUT2D eigenvalue weighted by Gasteiger charge is -2.10. The van der Waals surface area contributed by atoms with Crippen LogP contribution in [0.25, 0.3) is 0 Å². The Bertz CT molecular complexity index is 1100. The van der Waals surface area contributed by atoms with E-state index in [4.69, 9.17) is 11.6 Å². The Hall–Kier alpha value is -2.55. The van der Waals surface area contributed by atoms with E-state index in [2.05, 4.69) is 10.0 Å². The van der Waals surface area contributed by atoms with E-state index in [0.717, 1.165) is 0 Å². The molecule has 0 spiro atoms. The zero-order valence-electron chi connectivity index (χ0n) is 15.6. The van der Waals surface area contributed by atoms with E-state index < -0.39 is 15.8 Å². The summed E-state index contributed by atoms with van der Waals surface area (Å²) in [5, 5.41) is 3.01. The van der Waals surface area contributed by atoms with Crippen LogP contribution in [-0.4, -0.2) is 20.1 Å². The van der Waals surface area contributed by atoms with Gasteiger partial charge < -0.3 is 5.32 Å². The lowest BCUT2D eigenvalue weighted by atomic mass is 10.2. The summed E-state index contributed by atoms with van der Waals surface area (Å²) in [5.74, 6) is -0.330. The topological polar surface area (TPSA) is 75.3 Å². The predicted molar refractivity (Wildman–Crippen MR) is 120 cm³/mol. The van der Waals surface area contributed by atoms with E-state index in [1.807, 2.05) is 0 Å². The van der Waals surface area contributed by atoms with Gasteiger partial charge in [-0.05, 0) is 48.5 Å². The van der Waals surface area contributed by atoms with E-state index in [1.165, 1.54) is 48.2 Å². The summed E-state index contributed by atoms with van der Waals surface area (Å²) in [5.41, 5.74) is 1.28. The Kier molecular flexibility index (Phi) is 7.36. The van der Waals surface area contributed by atoms with Crippen molar-refractivity contribution in [2.45, 2.75) is 10.6 Å². The average Bonchev–Trinajstić information content (AvgIpc) is 2.71. The van der Waals surface area contributed by atoms with Crippen LogP contribution < -0.4 is 10.0 Å². The molecule has 0 bridgehead atoms. The Morgan fingerprint density at radius 3 is 2.30 bits per heavy atom. The van der Waals surface area contributed by atoms with Gasteiger partial charge in [0.15, 0.2) is 0 Å². The first-order valence-electron chi connectivity index (χ1n) is 8.83. The molecule has 0 radical (unpaired) electrons. The van der Waals surface area contributed by atoms with Crippen molar-refractivity contribution in [3.8, 4) is 0 Å². The molecular formula is C21H18ClFN2O3S2. The minimum atomic E-state index is -3.73. The average molecular weight is 465 g/mol. The largest absolute Gasteiger partial charge is 0.325 e. The summed E-state index contributed by atoms with van der Waals surface area (Å²) in [6.45, 7) is 0. The first-order valence-corrected chi connectivity index (χ1v) is 11.9. The molecule has 5 nitrogen and oxygen atoms in total. The minimum Gasteiger partial charge on any atom is -0.325 e. The summed E-state index contributed by atoms with van der Waals surface area (Å²) < 4.78 is 41.1. The molecule has 0 aliphatic rings. The van der Waals surface area contributed by atoms with Crippen LogP contribution in [0, 0.1) is 5.82 Å². The Morgan fingerprint density at radius 1 is 0.933 bits per heavy atom. The number of hydrogen-bond donors (Lipinski definition) is 2. The van der Waals surface area contributed by atoms with Crippen LogP contribution in [0.4, 0.5) is 15.8 Å². The Morgan fingerprint density at radius 2 is 1.63 bits per heavy atom. The molecule has 30 heavy (non-hydrogen) atoms. The summed E-state index contributed by atoms with van der Waals surface area (Å²) in [6, 6.07) is 18.8. The number of sulfonamides is 1. The summed E-state index contributed by atoms with van der Waals surface area (Å²) in [7, 11) is -3.73. The number of anilines is 2. The van der Waals surface area contributed by atoms with Gasteiger partial charge in [-0.15, -0.1) is 11.8 Å². The first-order chi connectivity index (χ1) is 14.3. The van der Waals surface area contributed by atoms with Gasteiger partial charge in [0.1, 0.15) is 5.82 Å². The second-order valence-electron chi connectivity index (χ2n) is 6.24. The number of rotatable bonds is 8. The summed E-state index contributed by atoms with van der Waals surface area (Å²) >= 11 is 7.20. The smallest absolute Gasteiger partial charge is 0.261 e. The van der Waals surface area contributed by atoms with Crippen molar-refractivity contribution in [3.63, 3.8) is 0 Å². The fraction of sp³-hybridized carbons (Fsp3) is 0.0952. The van der Waals surface area contributed by atoms with Gasteiger partial charge in [-0.3, -0.25) is 9.52 Å². The molecular weight excluding hydrogens is 447 g/mol. The van der Waals surface area contributed by atoms with E-state index >= 15 is 0 Å². The first kappa shape index (κ1) is 22.1. The number of para-hydroxylation sites is 1. The van der Waals surface area contributed by atoms with Gasteiger partial charge in [0, 0.05) is 27.7 Å². The Labute approximate surface area is 183 Å². The third-order valence-corrected chi connectivity index (χ3v) is 6.73. The van der Waals surface area contributed by atoms with E-state index in [1.54, 1.807) is 36.4 Å². The van der Waals surface area contributed by atoms with Crippen molar-refractivity contribution < 1.29 is 17.6 Å². The zero-order chi connectivity index (χ0) is 21.6. The maximum absolute atomic E-state index is 13.7. The van der Waals surface area contributed by atoms with E-state index in [0.29, 0.717) is 22.0 Å². The van der Waals surface area contributed by atoms with Gasteiger partial charge in [-0.25, -0.2) is 12.8 Å².